The summed E-state index contributed by atoms with van der Waals surface area (Å²) in [6.07, 6.45) is 1.88. The first kappa shape index (κ1) is 20.4. The maximum atomic E-state index is 12.3. The maximum absolute atomic E-state index is 12.3. The number of benzene rings is 1. The Morgan fingerprint density at radius 1 is 1.35 bits per heavy atom. The second-order valence-corrected chi connectivity index (χ2v) is 6.94. The van der Waals surface area contributed by atoms with E-state index in [1.807, 2.05) is 24.1 Å². The van der Waals surface area contributed by atoms with Gasteiger partial charge in [-0.1, -0.05) is 43.3 Å². The van der Waals surface area contributed by atoms with E-state index >= 15 is 0 Å². The molecule has 2 heterocycles. The van der Waals surface area contributed by atoms with E-state index in [2.05, 4.69) is 41.4 Å². The van der Waals surface area contributed by atoms with Crippen molar-refractivity contribution in [3.05, 3.63) is 35.7 Å². The molecular weight excluding hydrogens is 352 g/mol. The molecule has 7 heteroatoms. The molecule has 2 aromatic rings. The average Bonchev–Trinajstić information content (AvgIpc) is 3.31. The summed E-state index contributed by atoms with van der Waals surface area (Å²) in [5.74, 6) is 1.70. The summed E-state index contributed by atoms with van der Waals surface area (Å²) < 4.78 is 5.31. The molecule has 1 saturated heterocycles. The number of aromatic nitrogens is 2. The van der Waals surface area contributed by atoms with E-state index in [4.69, 9.17) is 4.52 Å². The first-order chi connectivity index (χ1) is 12.0. The third-order valence-corrected chi connectivity index (χ3v) is 4.83. The van der Waals surface area contributed by atoms with E-state index in [0.29, 0.717) is 36.5 Å². The van der Waals surface area contributed by atoms with Crippen LogP contribution in [0.4, 0.5) is 0 Å². The lowest BCUT2D eigenvalue weighted by Crippen LogP contribution is -2.38. The fourth-order valence-electron chi connectivity index (χ4n) is 3.05. The third-order valence-electron chi connectivity index (χ3n) is 4.83. The van der Waals surface area contributed by atoms with Crippen molar-refractivity contribution < 1.29 is 9.32 Å². The van der Waals surface area contributed by atoms with Crippen molar-refractivity contribution in [3.63, 3.8) is 0 Å². The zero-order valence-corrected chi connectivity index (χ0v) is 16.4. The highest BCUT2D eigenvalue weighted by Gasteiger charge is 2.23. The van der Waals surface area contributed by atoms with Gasteiger partial charge in [0.15, 0.2) is 0 Å². The molecular formula is C19H27ClN4O2. The zero-order valence-electron chi connectivity index (χ0n) is 15.6. The van der Waals surface area contributed by atoms with E-state index in [1.165, 1.54) is 5.56 Å². The van der Waals surface area contributed by atoms with Crippen molar-refractivity contribution in [1.29, 1.82) is 0 Å². The number of amides is 1. The molecule has 142 valence electrons. The Morgan fingerprint density at radius 2 is 2.08 bits per heavy atom. The van der Waals surface area contributed by atoms with Gasteiger partial charge in [0.25, 0.3) is 0 Å². The minimum Gasteiger partial charge on any atom is -0.341 e. The fraction of sp³-hybridized carbons (Fsp3) is 0.526. The molecule has 0 bridgehead atoms. The third kappa shape index (κ3) is 4.83. The minimum absolute atomic E-state index is 0. The van der Waals surface area contributed by atoms with E-state index in [-0.39, 0.29) is 18.3 Å². The molecule has 1 unspecified atom stereocenters. The Labute approximate surface area is 160 Å². The molecule has 0 spiro atoms. The Morgan fingerprint density at radius 3 is 2.69 bits per heavy atom. The number of aryl methyl sites for hydroxylation is 1. The summed E-state index contributed by atoms with van der Waals surface area (Å²) in [6, 6.07) is 8.49. The average molecular weight is 379 g/mol. The van der Waals surface area contributed by atoms with Gasteiger partial charge in [0.05, 0.1) is 0 Å². The molecule has 1 aromatic heterocycles. The smallest absolute Gasteiger partial charge is 0.227 e. The van der Waals surface area contributed by atoms with Gasteiger partial charge in [0, 0.05) is 38.0 Å². The minimum atomic E-state index is 0. The summed E-state index contributed by atoms with van der Waals surface area (Å²) in [5, 5.41) is 7.32. The van der Waals surface area contributed by atoms with Crippen LogP contribution in [0.1, 0.15) is 44.1 Å². The van der Waals surface area contributed by atoms with Crippen LogP contribution >= 0.6 is 12.4 Å². The van der Waals surface area contributed by atoms with Crippen LogP contribution in [0.5, 0.6) is 0 Å². The predicted molar refractivity (Wildman–Crippen MR) is 103 cm³/mol. The van der Waals surface area contributed by atoms with Crippen molar-refractivity contribution in [2.75, 3.05) is 20.1 Å². The van der Waals surface area contributed by atoms with Crippen LogP contribution in [0.25, 0.3) is 11.4 Å². The fourth-order valence-corrected chi connectivity index (χ4v) is 3.05. The van der Waals surface area contributed by atoms with Gasteiger partial charge in [-0.05, 0) is 24.4 Å². The molecule has 26 heavy (non-hydrogen) atoms. The lowest BCUT2D eigenvalue weighted by Gasteiger charge is -2.23. The Balaban J connectivity index is 0.00000243. The molecule has 0 aliphatic carbocycles. The number of carbonyl (C=O) groups excluding carboxylic acids is 1. The Kier molecular flexibility index (Phi) is 7.17. The highest BCUT2D eigenvalue weighted by Crippen LogP contribution is 2.21. The molecule has 1 amide bonds. The quantitative estimate of drug-likeness (QED) is 0.836. The summed E-state index contributed by atoms with van der Waals surface area (Å²) in [4.78, 5) is 18.5. The van der Waals surface area contributed by atoms with Gasteiger partial charge in [-0.2, -0.15) is 4.98 Å². The van der Waals surface area contributed by atoms with Crippen LogP contribution in [0.2, 0.25) is 0 Å². The van der Waals surface area contributed by atoms with Crippen molar-refractivity contribution in [1.82, 2.24) is 20.4 Å². The van der Waals surface area contributed by atoms with Crippen molar-refractivity contribution >= 4 is 18.3 Å². The number of halogens is 1. The van der Waals surface area contributed by atoms with E-state index in [9.17, 15) is 4.79 Å². The highest BCUT2D eigenvalue weighted by molar-refractivity contribution is 5.85. The second kappa shape index (κ2) is 9.14. The zero-order chi connectivity index (χ0) is 17.8. The Hall–Kier alpha value is -1.92. The topological polar surface area (TPSA) is 71.3 Å². The molecule has 1 aromatic carbocycles. The first-order valence-corrected chi connectivity index (χ1v) is 8.94. The molecule has 1 fully saturated rings. The molecule has 0 radical (unpaired) electrons. The monoisotopic (exact) mass is 378 g/mol. The first-order valence-electron chi connectivity index (χ1n) is 8.94. The van der Waals surface area contributed by atoms with E-state index in [1.54, 1.807) is 0 Å². The van der Waals surface area contributed by atoms with Crippen LogP contribution in [0.15, 0.2) is 28.8 Å². The molecule has 1 aliphatic rings. The summed E-state index contributed by atoms with van der Waals surface area (Å²) in [5.41, 5.74) is 2.21. The lowest BCUT2D eigenvalue weighted by atomic mass is 10.0. The predicted octanol–water partition coefficient (Wildman–Crippen LogP) is 3.03. The number of likely N-dealkylation sites (N-methyl/N-ethyl adjacent to an activating group) is 1. The number of hydrogen-bond acceptors (Lipinski definition) is 5. The largest absolute Gasteiger partial charge is 0.341 e. The number of carbonyl (C=O) groups is 1. The summed E-state index contributed by atoms with van der Waals surface area (Å²) >= 11 is 0. The van der Waals surface area contributed by atoms with Gasteiger partial charge >= 0.3 is 0 Å². The van der Waals surface area contributed by atoms with Gasteiger partial charge in [-0.3, -0.25) is 4.79 Å². The van der Waals surface area contributed by atoms with Crippen LogP contribution in [0.3, 0.4) is 0 Å². The van der Waals surface area contributed by atoms with Gasteiger partial charge in [-0.15, -0.1) is 12.4 Å². The van der Waals surface area contributed by atoms with Crippen molar-refractivity contribution in [2.24, 2.45) is 0 Å². The Bertz CT molecular complexity index is 709. The number of rotatable bonds is 6. The van der Waals surface area contributed by atoms with Crippen molar-refractivity contribution in [3.8, 4) is 11.4 Å². The summed E-state index contributed by atoms with van der Waals surface area (Å²) in [6.45, 7) is 6.18. The molecule has 3 rings (SSSR count). The highest BCUT2D eigenvalue weighted by atomic mass is 35.5. The van der Waals surface area contributed by atoms with Gasteiger partial charge < -0.3 is 14.7 Å². The summed E-state index contributed by atoms with van der Waals surface area (Å²) in [7, 11) is 1.87. The molecule has 6 nitrogen and oxygen atoms in total. The van der Waals surface area contributed by atoms with Crippen LogP contribution < -0.4 is 5.32 Å². The molecule has 1 aliphatic heterocycles. The van der Waals surface area contributed by atoms with Crippen molar-refractivity contribution in [2.45, 2.75) is 45.1 Å². The van der Waals surface area contributed by atoms with Gasteiger partial charge in [0.1, 0.15) is 0 Å². The maximum Gasteiger partial charge on any atom is 0.227 e. The number of nitrogens with zero attached hydrogens (tertiary/aromatic N) is 3. The van der Waals surface area contributed by atoms with Crippen LogP contribution in [-0.4, -0.2) is 47.1 Å². The van der Waals surface area contributed by atoms with E-state index < -0.39 is 0 Å². The molecule has 1 atom stereocenters. The van der Waals surface area contributed by atoms with Crippen LogP contribution in [0, 0.1) is 0 Å². The van der Waals surface area contributed by atoms with Gasteiger partial charge in [-0.25, -0.2) is 0 Å². The second-order valence-electron chi connectivity index (χ2n) is 6.94. The van der Waals surface area contributed by atoms with Gasteiger partial charge in [0.2, 0.25) is 17.6 Å². The molecule has 0 saturated carbocycles. The normalized spacial score (nSPS) is 16.5. The lowest BCUT2D eigenvalue weighted by molar-refractivity contribution is -0.131. The number of nitrogens with one attached hydrogen (secondary N) is 1. The van der Waals surface area contributed by atoms with Crippen LogP contribution in [-0.2, 0) is 11.2 Å². The molecule has 1 N–H and O–H groups in total. The number of hydrogen-bond donors (Lipinski definition) is 1. The van der Waals surface area contributed by atoms with E-state index in [0.717, 1.165) is 25.1 Å². The SMILES string of the molecule is CC(C)c1ccc(-c2noc(CCC(=O)N(C)C3CCNC3)n2)cc1.Cl. The standard InChI is InChI=1S/C19H26N4O2.ClH/c1-13(2)14-4-6-15(7-5-14)19-21-17(25-22-19)8-9-18(24)23(3)16-10-11-20-12-16;/h4-7,13,16,20H,8-12H2,1-3H3;1H.